The highest BCUT2D eigenvalue weighted by molar-refractivity contribution is 5.76. The van der Waals surface area contributed by atoms with Crippen molar-refractivity contribution in [1.29, 1.82) is 0 Å². The number of fused-ring (bicyclic) bond motifs is 1. The summed E-state index contributed by atoms with van der Waals surface area (Å²) in [5.41, 5.74) is 4.30. The smallest absolute Gasteiger partial charge is 0.155 e. The Morgan fingerprint density at radius 1 is 1.26 bits per heavy atom. The molecule has 4 heteroatoms. The Morgan fingerprint density at radius 3 is 2.96 bits per heavy atom. The summed E-state index contributed by atoms with van der Waals surface area (Å²) in [7, 11) is 1.92. The first-order valence-corrected chi connectivity index (χ1v) is 9.09. The van der Waals surface area contributed by atoms with Crippen molar-refractivity contribution >= 4 is 11.6 Å². The second-order valence-corrected chi connectivity index (χ2v) is 6.22. The maximum absolute atomic E-state index is 6.20. The van der Waals surface area contributed by atoms with E-state index in [0.29, 0.717) is 0 Å². The van der Waals surface area contributed by atoms with Crippen molar-refractivity contribution in [2.24, 2.45) is 0 Å². The zero-order valence-corrected chi connectivity index (χ0v) is 16.0. The molecule has 0 spiro atoms. The van der Waals surface area contributed by atoms with Crippen LogP contribution in [0.3, 0.4) is 0 Å². The Morgan fingerprint density at radius 2 is 2.15 bits per heavy atom. The van der Waals surface area contributed by atoms with Gasteiger partial charge in [0.1, 0.15) is 11.3 Å². The molecule has 4 nitrogen and oxygen atoms in total. The van der Waals surface area contributed by atoms with E-state index in [0.717, 1.165) is 34.7 Å². The SMILES string of the molecule is C\C=C/C(C)=C\C=C\c1ccn2nccc(OC3=CCC=C(NC)C=C3)c12. The van der Waals surface area contributed by atoms with Crippen LogP contribution in [0.5, 0.6) is 5.75 Å². The topological polar surface area (TPSA) is 38.6 Å². The highest BCUT2D eigenvalue weighted by Gasteiger charge is 2.10. The fraction of sp³-hybridized carbons (Fsp3) is 0.174. The van der Waals surface area contributed by atoms with Crippen LogP contribution >= 0.6 is 0 Å². The number of allylic oxidation sites excluding steroid dienone is 9. The first-order chi connectivity index (χ1) is 13.2. The maximum Gasteiger partial charge on any atom is 0.155 e. The van der Waals surface area contributed by atoms with Crippen molar-refractivity contribution in [1.82, 2.24) is 14.9 Å². The van der Waals surface area contributed by atoms with Gasteiger partial charge in [-0.3, -0.25) is 0 Å². The predicted octanol–water partition coefficient (Wildman–Crippen LogP) is 5.20. The van der Waals surface area contributed by atoms with E-state index in [1.54, 1.807) is 6.20 Å². The third kappa shape index (κ3) is 4.67. The van der Waals surface area contributed by atoms with Crippen LogP contribution in [0.25, 0.3) is 11.6 Å². The molecule has 0 unspecified atom stereocenters. The molecule has 27 heavy (non-hydrogen) atoms. The fourth-order valence-corrected chi connectivity index (χ4v) is 2.88. The largest absolute Gasteiger partial charge is 0.455 e. The lowest BCUT2D eigenvalue weighted by molar-refractivity contribution is 0.444. The van der Waals surface area contributed by atoms with Crippen LogP contribution < -0.4 is 10.1 Å². The summed E-state index contributed by atoms with van der Waals surface area (Å²) in [5, 5.41) is 7.55. The van der Waals surface area contributed by atoms with E-state index in [1.807, 2.05) is 55.0 Å². The Bertz CT molecular complexity index is 984. The van der Waals surface area contributed by atoms with Crippen molar-refractivity contribution in [3.63, 3.8) is 0 Å². The van der Waals surface area contributed by atoms with Crippen molar-refractivity contribution in [2.45, 2.75) is 20.3 Å². The van der Waals surface area contributed by atoms with Crippen molar-refractivity contribution in [3.8, 4) is 5.75 Å². The fourth-order valence-electron chi connectivity index (χ4n) is 2.88. The molecule has 2 aromatic rings. The molecule has 0 atom stereocenters. The van der Waals surface area contributed by atoms with Gasteiger partial charge in [0.05, 0.1) is 6.20 Å². The Hall–Kier alpha value is -3.27. The average Bonchev–Trinajstić information content (AvgIpc) is 2.94. The lowest BCUT2D eigenvalue weighted by Gasteiger charge is -2.08. The number of aromatic nitrogens is 2. The first-order valence-electron chi connectivity index (χ1n) is 9.09. The summed E-state index contributed by atoms with van der Waals surface area (Å²) in [6.45, 7) is 4.10. The van der Waals surface area contributed by atoms with Crippen LogP contribution in [0.1, 0.15) is 25.8 Å². The molecule has 0 amide bonds. The number of ether oxygens (including phenoxy) is 1. The molecule has 0 fully saturated rings. The standard InChI is InChI=1S/C23H25N3O/c1-4-7-18(2)8-5-9-19-15-17-26-23(19)22(14-16-25-26)27-21-11-6-10-20(24-3)12-13-21/h4-5,7-17,24H,6H2,1-3H3/b7-4-,9-5+,18-8-. The number of hydrogen-bond acceptors (Lipinski definition) is 3. The zero-order chi connectivity index (χ0) is 19.1. The van der Waals surface area contributed by atoms with Crippen LogP contribution in [0.2, 0.25) is 0 Å². The summed E-state index contributed by atoms with van der Waals surface area (Å²) in [5.74, 6) is 1.61. The second kappa shape index (κ2) is 8.90. The number of likely N-dealkylation sites (N-methyl/N-ethyl adjacent to an activating group) is 1. The first kappa shape index (κ1) is 18.5. The molecule has 0 saturated heterocycles. The molecule has 1 aliphatic rings. The molecule has 2 aromatic heterocycles. The highest BCUT2D eigenvalue weighted by atomic mass is 16.5. The van der Waals surface area contributed by atoms with Crippen LogP contribution in [-0.4, -0.2) is 16.7 Å². The average molecular weight is 359 g/mol. The molecule has 0 aliphatic heterocycles. The van der Waals surface area contributed by atoms with Gasteiger partial charge in [-0.1, -0.05) is 42.0 Å². The van der Waals surface area contributed by atoms with E-state index in [9.17, 15) is 0 Å². The lowest BCUT2D eigenvalue weighted by atomic mass is 10.2. The van der Waals surface area contributed by atoms with Crippen LogP contribution in [-0.2, 0) is 0 Å². The molecule has 0 bridgehead atoms. The van der Waals surface area contributed by atoms with Gasteiger partial charge in [0, 0.05) is 30.6 Å². The Labute approximate surface area is 160 Å². The second-order valence-electron chi connectivity index (χ2n) is 6.22. The number of hydrogen-bond donors (Lipinski definition) is 1. The summed E-state index contributed by atoms with van der Waals surface area (Å²) in [6, 6.07) is 3.95. The predicted molar refractivity (Wildman–Crippen MR) is 112 cm³/mol. The summed E-state index contributed by atoms with van der Waals surface area (Å²) >= 11 is 0. The summed E-state index contributed by atoms with van der Waals surface area (Å²) < 4.78 is 8.04. The maximum atomic E-state index is 6.20. The number of nitrogens with zero attached hydrogens (tertiary/aromatic N) is 2. The van der Waals surface area contributed by atoms with E-state index in [-0.39, 0.29) is 0 Å². The third-order valence-corrected chi connectivity index (χ3v) is 4.21. The quantitative estimate of drug-likeness (QED) is 0.721. The molecule has 1 N–H and O–H groups in total. The Kier molecular flexibility index (Phi) is 6.10. The van der Waals surface area contributed by atoms with Gasteiger partial charge in [-0.25, -0.2) is 4.52 Å². The van der Waals surface area contributed by atoms with E-state index in [4.69, 9.17) is 4.74 Å². The minimum Gasteiger partial charge on any atom is -0.455 e. The van der Waals surface area contributed by atoms with Gasteiger partial charge in [-0.2, -0.15) is 5.10 Å². The molecule has 0 saturated carbocycles. The van der Waals surface area contributed by atoms with Crippen molar-refractivity contribution in [2.75, 3.05) is 7.05 Å². The molecule has 2 heterocycles. The summed E-state index contributed by atoms with van der Waals surface area (Å²) in [6.07, 6.45) is 23.0. The Balaban J connectivity index is 1.89. The summed E-state index contributed by atoms with van der Waals surface area (Å²) in [4.78, 5) is 0. The molecule has 0 radical (unpaired) electrons. The van der Waals surface area contributed by atoms with Gasteiger partial charge in [0.2, 0.25) is 0 Å². The van der Waals surface area contributed by atoms with Gasteiger partial charge in [-0.05, 0) is 44.6 Å². The lowest BCUT2D eigenvalue weighted by Crippen LogP contribution is -2.02. The minimum atomic E-state index is 0.785. The molecule has 3 rings (SSSR count). The molecule has 1 aliphatic carbocycles. The van der Waals surface area contributed by atoms with Gasteiger partial charge in [-0.15, -0.1) is 0 Å². The normalized spacial score (nSPS) is 15.3. The van der Waals surface area contributed by atoms with Gasteiger partial charge in [0.25, 0.3) is 0 Å². The van der Waals surface area contributed by atoms with E-state index >= 15 is 0 Å². The number of rotatable bonds is 6. The van der Waals surface area contributed by atoms with Gasteiger partial charge < -0.3 is 10.1 Å². The highest BCUT2D eigenvalue weighted by Crippen LogP contribution is 2.27. The van der Waals surface area contributed by atoms with Gasteiger partial charge in [0.15, 0.2) is 5.75 Å². The van der Waals surface area contributed by atoms with E-state index in [1.165, 1.54) is 5.57 Å². The number of nitrogens with one attached hydrogen (secondary N) is 1. The minimum absolute atomic E-state index is 0.785. The zero-order valence-electron chi connectivity index (χ0n) is 16.0. The van der Waals surface area contributed by atoms with Crippen molar-refractivity contribution < 1.29 is 4.74 Å². The molecule has 0 aromatic carbocycles. The molecule has 138 valence electrons. The molecular weight excluding hydrogens is 334 g/mol. The van der Waals surface area contributed by atoms with Crippen LogP contribution in [0.4, 0.5) is 0 Å². The van der Waals surface area contributed by atoms with E-state index in [2.05, 4.69) is 53.8 Å². The van der Waals surface area contributed by atoms with Crippen molar-refractivity contribution in [3.05, 3.63) is 95.7 Å². The molecular formula is C23H25N3O. The monoisotopic (exact) mass is 359 g/mol. The van der Waals surface area contributed by atoms with Crippen LogP contribution in [0.15, 0.2) is 90.2 Å². The van der Waals surface area contributed by atoms with Gasteiger partial charge >= 0.3 is 0 Å². The van der Waals surface area contributed by atoms with E-state index < -0.39 is 0 Å². The third-order valence-electron chi connectivity index (χ3n) is 4.21. The van der Waals surface area contributed by atoms with Crippen LogP contribution in [0, 0.1) is 0 Å².